The fourth-order valence-corrected chi connectivity index (χ4v) is 4.56. The number of quaternary nitrogens is 1. The molecule has 1 N–H and O–H groups in total. The second-order valence-corrected chi connectivity index (χ2v) is 6.14. The predicted molar refractivity (Wildman–Crippen MR) is 38.4 cm³/mol. The zero-order chi connectivity index (χ0) is 5.11. The largest absolute Gasteiger partial charge is 0.402 e. The van der Waals surface area contributed by atoms with Gasteiger partial charge in [-0.25, -0.2) is 0 Å². The molecular formula is C4H14NSi2+. The minimum Gasteiger partial charge on any atom is -0.402 e. The van der Waals surface area contributed by atoms with Crippen LogP contribution in [-0.4, -0.2) is 32.0 Å². The van der Waals surface area contributed by atoms with Crippen LogP contribution in [0.15, 0.2) is 0 Å². The molecule has 0 amide bonds. The van der Waals surface area contributed by atoms with E-state index in [4.69, 9.17) is 0 Å². The third-order valence-electron chi connectivity index (χ3n) is 1.81. The number of rotatable bonds is 1. The van der Waals surface area contributed by atoms with Crippen LogP contribution in [0.25, 0.3) is 0 Å². The molecule has 7 heavy (non-hydrogen) atoms. The Morgan fingerprint density at radius 1 is 1.29 bits per heavy atom. The molecule has 0 unspecified atom stereocenters. The first-order valence-corrected chi connectivity index (χ1v) is 9.63. The maximum Gasteiger partial charge on any atom is 0.222 e. The zero-order valence-electron chi connectivity index (χ0n) is 5.04. The Hall–Kier alpha value is 0.394. The van der Waals surface area contributed by atoms with Crippen molar-refractivity contribution in [3.63, 3.8) is 0 Å². The van der Waals surface area contributed by atoms with E-state index in [9.17, 15) is 0 Å². The molecule has 42 valence electrons. The van der Waals surface area contributed by atoms with Gasteiger partial charge in [-0.1, -0.05) is 0 Å². The van der Waals surface area contributed by atoms with Gasteiger partial charge in [0.05, 0.1) is 22.8 Å². The predicted octanol–water partition coefficient (Wildman–Crippen LogP) is -2.97. The molecule has 0 aliphatic carbocycles. The van der Waals surface area contributed by atoms with E-state index in [1.807, 2.05) is 4.57 Å². The van der Waals surface area contributed by atoms with Crippen LogP contribution >= 0.6 is 0 Å². The van der Waals surface area contributed by atoms with E-state index in [0.717, 1.165) is 0 Å². The summed E-state index contributed by atoms with van der Waals surface area (Å²) in [6.07, 6.45) is 3.04. The van der Waals surface area contributed by atoms with Crippen molar-refractivity contribution < 1.29 is 4.57 Å². The SMILES string of the molecule is [SiH3][SiH2][NH+]1CCCC1. The summed E-state index contributed by atoms with van der Waals surface area (Å²) in [5.74, 6) is 0. The molecule has 1 rings (SSSR count). The van der Waals surface area contributed by atoms with E-state index in [0.29, 0.717) is 9.20 Å². The molecule has 0 bridgehead atoms. The summed E-state index contributed by atoms with van der Waals surface area (Å²) in [5, 5.41) is 0. The smallest absolute Gasteiger partial charge is 0.222 e. The summed E-state index contributed by atoms with van der Waals surface area (Å²) in [6, 6.07) is 0. The molecule has 0 atom stereocenters. The molecule has 1 aliphatic rings. The van der Waals surface area contributed by atoms with Gasteiger partial charge < -0.3 is 4.57 Å². The topological polar surface area (TPSA) is 4.44 Å². The molecule has 0 saturated carbocycles. The van der Waals surface area contributed by atoms with Crippen molar-refractivity contribution in [2.75, 3.05) is 13.1 Å². The van der Waals surface area contributed by atoms with Crippen molar-refractivity contribution in [3.8, 4) is 0 Å². The summed E-state index contributed by atoms with van der Waals surface area (Å²) in [4.78, 5) is 0. The molecule has 0 spiro atoms. The summed E-state index contributed by atoms with van der Waals surface area (Å²) >= 11 is 0. The Bertz CT molecular complexity index is 51.7. The van der Waals surface area contributed by atoms with Gasteiger partial charge in [0, 0.05) is 12.8 Å². The van der Waals surface area contributed by atoms with E-state index >= 15 is 0 Å². The highest BCUT2D eigenvalue weighted by molar-refractivity contribution is 6.84. The third kappa shape index (κ3) is 1.40. The van der Waals surface area contributed by atoms with Crippen LogP contribution in [0.1, 0.15) is 12.8 Å². The van der Waals surface area contributed by atoms with Crippen LogP contribution in [-0.2, 0) is 0 Å². The first-order valence-electron chi connectivity index (χ1n) is 3.27. The fraction of sp³-hybridized carbons (Fsp3) is 1.00. The quantitative estimate of drug-likeness (QED) is 0.364. The van der Waals surface area contributed by atoms with E-state index in [-0.39, 0.29) is 0 Å². The summed E-state index contributed by atoms with van der Waals surface area (Å²) < 4.78 is 1.99. The fourth-order valence-electron chi connectivity index (χ4n) is 1.23. The number of hydrogen-bond acceptors (Lipinski definition) is 0. The minimum absolute atomic E-state index is 0.446. The highest BCUT2D eigenvalue weighted by Crippen LogP contribution is 1.85. The van der Waals surface area contributed by atoms with Gasteiger partial charge in [0.1, 0.15) is 0 Å². The van der Waals surface area contributed by atoms with Crippen LogP contribution in [0, 0.1) is 0 Å². The molecular weight excluding hydrogens is 118 g/mol. The molecule has 1 heterocycles. The number of hydrogen-bond donors (Lipinski definition) is 1. The van der Waals surface area contributed by atoms with Gasteiger partial charge in [0.25, 0.3) is 0 Å². The Morgan fingerprint density at radius 2 is 1.86 bits per heavy atom. The molecule has 0 aromatic rings. The second-order valence-electron chi connectivity index (χ2n) is 2.31. The minimum atomic E-state index is 0.446. The van der Waals surface area contributed by atoms with Gasteiger partial charge in [-0.2, -0.15) is 0 Å². The van der Waals surface area contributed by atoms with Crippen molar-refractivity contribution in [2.24, 2.45) is 0 Å². The lowest BCUT2D eigenvalue weighted by Crippen LogP contribution is -3.12. The third-order valence-corrected chi connectivity index (χ3v) is 6.52. The maximum atomic E-state index is 1.99. The summed E-state index contributed by atoms with van der Waals surface area (Å²) in [7, 11) is 1.98. The molecule has 1 aliphatic heterocycles. The van der Waals surface area contributed by atoms with Crippen LogP contribution in [0.4, 0.5) is 0 Å². The van der Waals surface area contributed by atoms with E-state index in [2.05, 4.69) is 0 Å². The average molecular weight is 132 g/mol. The molecule has 1 nitrogen and oxygen atoms in total. The normalized spacial score (nSPS) is 25.7. The highest BCUT2D eigenvalue weighted by atomic mass is 29.1. The molecule has 1 saturated heterocycles. The van der Waals surface area contributed by atoms with Crippen LogP contribution in [0.2, 0.25) is 0 Å². The van der Waals surface area contributed by atoms with E-state index in [1.54, 1.807) is 0 Å². The first kappa shape index (κ1) is 5.53. The molecule has 0 aromatic heterocycles. The number of nitrogens with one attached hydrogen (secondary N) is 1. The van der Waals surface area contributed by atoms with Crippen LogP contribution in [0.3, 0.4) is 0 Å². The van der Waals surface area contributed by atoms with Crippen molar-refractivity contribution >= 4 is 19.0 Å². The Labute approximate surface area is 50.2 Å². The van der Waals surface area contributed by atoms with Gasteiger partial charge in [0.2, 0.25) is 9.20 Å². The van der Waals surface area contributed by atoms with Crippen molar-refractivity contribution in [2.45, 2.75) is 12.8 Å². The monoisotopic (exact) mass is 132 g/mol. The van der Waals surface area contributed by atoms with Crippen LogP contribution < -0.4 is 4.57 Å². The van der Waals surface area contributed by atoms with Gasteiger partial charge in [0.15, 0.2) is 0 Å². The lowest BCUT2D eigenvalue weighted by Gasteiger charge is -2.06. The van der Waals surface area contributed by atoms with Gasteiger partial charge in [-0.15, -0.1) is 0 Å². The molecule has 0 radical (unpaired) electrons. The zero-order valence-corrected chi connectivity index (χ0v) is 8.45. The Morgan fingerprint density at radius 3 is 2.14 bits per heavy atom. The van der Waals surface area contributed by atoms with Crippen molar-refractivity contribution in [1.29, 1.82) is 0 Å². The lowest BCUT2D eigenvalue weighted by atomic mass is 10.4. The van der Waals surface area contributed by atoms with Gasteiger partial charge >= 0.3 is 0 Å². The van der Waals surface area contributed by atoms with Gasteiger partial charge in [-0.3, -0.25) is 0 Å². The highest BCUT2D eigenvalue weighted by Gasteiger charge is 2.10. The molecule has 1 fully saturated rings. The average Bonchev–Trinajstić information content (AvgIpc) is 2.14. The standard InChI is InChI=1S/C4H13NSi2/c6-7-5-3-1-2-4-5/h1-4,7H2,6H3/p+1. The van der Waals surface area contributed by atoms with Crippen molar-refractivity contribution in [3.05, 3.63) is 0 Å². The lowest BCUT2D eigenvalue weighted by molar-refractivity contribution is -0.765. The van der Waals surface area contributed by atoms with E-state index in [1.165, 1.54) is 35.7 Å². The summed E-state index contributed by atoms with van der Waals surface area (Å²) in [6.45, 7) is 3.05. The van der Waals surface area contributed by atoms with Crippen molar-refractivity contribution in [1.82, 2.24) is 0 Å². The maximum absolute atomic E-state index is 1.99. The molecule has 0 aromatic carbocycles. The first-order chi connectivity index (χ1) is 3.43. The van der Waals surface area contributed by atoms with Crippen LogP contribution in [0.5, 0.6) is 0 Å². The second kappa shape index (κ2) is 2.64. The Kier molecular flexibility index (Phi) is 2.09. The summed E-state index contributed by atoms with van der Waals surface area (Å²) in [5.41, 5.74) is 0. The van der Waals surface area contributed by atoms with Gasteiger partial charge in [-0.05, 0) is 0 Å². The van der Waals surface area contributed by atoms with E-state index < -0.39 is 0 Å². The Balaban J connectivity index is 2.14. The molecule has 3 heteroatoms.